The highest BCUT2D eigenvalue weighted by Gasteiger charge is 2.24. The molecule has 3 rings (SSSR count). The van der Waals surface area contributed by atoms with Gasteiger partial charge in [0, 0.05) is 36.8 Å². The quantitative estimate of drug-likeness (QED) is 0.786. The number of methoxy groups -OCH3 is 2. The summed E-state index contributed by atoms with van der Waals surface area (Å²) in [5.41, 5.74) is 1.52. The number of nitrogens with zero attached hydrogens (tertiary/aromatic N) is 2. The minimum Gasteiger partial charge on any atom is -0.493 e. The van der Waals surface area contributed by atoms with E-state index in [0.29, 0.717) is 53.3 Å². The van der Waals surface area contributed by atoms with Crippen molar-refractivity contribution in [1.29, 1.82) is 0 Å². The minimum absolute atomic E-state index is 0.0205. The van der Waals surface area contributed by atoms with E-state index in [4.69, 9.17) is 32.7 Å². The first kappa shape index (κ1) is 18.7. The highest BCUT2D eigenvalue weighted by atomic mass is 35.5. The molecular formula is C19H20Cl2N2O3. The van der Waals surface area contributed by atoms with Crippen LogP contribution in [-0.4, -0.2) is 51.2 Å². The average molecular weight is 395 g/mol. The zero-order valence-electron chi connectivity index (χ0n) is 14.7. The molecule has 2 aromatic rings. The van der Waals surface area contributed by atoms with Gasteiger partial charge in [0.05, 0.1) is 24.9 Å². The summed E-state index contributed by atoms with van der Waals surface area (Å²) in [4.78, 5) is 16.8. The number of carbonyl (C=O) groups excluding carboxylic acids is 1. The number of rotatable bonds is 4. The summed E-state index contributed by atoms with van der Waals surface area (Å²) in [6, 6.07) is 10.7. The molecule has 1 aliphatic heterocycles. The molecule has 1 saturated heterocycles. The molecule has 0 atom stereocenters. The molecule has 2 aromatic carbocycles. The molecule has 1 amide bonds. The largest absolute Gasteiger partial charge is 0.493 e. The minimum atomic E-state index is -0.0205. The third-order valence-corrected chi connectivity index (χ3v) is 4.99. The molecule has 1 heterocycles. The summed E-state index contributed by atoms with van der Waals surface area (Å²) in [6.07, 6.45) is 0. The van der Waals surface area contributed by atoms with E-state index in [1.807, 2.05) is 17.0 Å². The van der Waals surface area contributed by atoms with Crippen LogP contribution in [0.1, 0.15) is 10.4 Å². The fourth-order valence-corrected chi connectivity index (χ4v) is 3.57. The van der Waals surface area contributed by atoms with Crippen LogP contribution in [0, 0.1) is 0 Å². The van der Waals surface area contributed by atoms with Crippen LogP contribution < -0.4 is 14.4 Å². The third-order valence-electron chi connectivity index (χ3n) is 4.45. The van der Waals surface area contributed by atoms with Gasteiger partial charge in [-0.2, -0.15) is 0 Å². The van der Waals surface area contributed by atoms with Crippen molar-refractivity contribution in [2.75, 3.05) is 45.3 Å². The van der Waals surface area contributed by atoms with E-state index in [0.717, 1.165) is 5.69 Å². The van der Waals surface area contributed by atoms with Gasteiger partial charge in [0.2, 0.25) is 0 Å². The molecule has 138 valence electrons. The summed E-state index contributed by atoms with van der Waals surface area (Å²) in [5, 5.41) is 1.23. The lowest BCUT2D eigenvalue weighted by Crippen LogP contribution is -2.48. The van der Waals surface area contributed by atoms with Gasteiger partial charge in [-0.1, -0.05) is 23.2 Å². The van der Waals surface area contributed by atoms with E-state index < -0.39 is 0 Å². The molecule has 0 radical (unpaired) electrons. The van der Waals surface area contributed by atoms with Gasteiger partial charge in [0.1, 0.15) is 0 Å². The smallest absolute Gasteiger partial charge is 0.254 e. The second-order valence-corrected chi connectivity index (χ2v) is 6.79. The first-order chi connectivity index (χ1) is 12.5. The number of hydrogen-bond acceptors (Lipinski definition) is 4. The lowest BCUT2D eigenvalue weighted by Gasteiger charge is -2.36. The van der Waals surface area contributed by atoms with Crippen LogP contribution >= 0.6 is 23.2 Å². The van der Waals surface area contributed by atoms with Crippen LogP contribution in [0.3, 0.4) is 0 Å². The van der Waals surface area contributed by atoms with Crippen molar-refractivity contribution >= 4 is 34.8 Å². The van der Waals surface area contributed by atoms with Crippen LogP contribution in [0.2, 0.25) is 10.0 Å². The zero-order valence-corrected chi connectivity index (χ0v) is 16.2. The molecule has 0 saturated carbocycles. The second kappa shape index (κ2) is 8.06. The highest BCUT2D eigenvalue weighted by Crippen LogP contribution is 2.30. The van der Waals surface area contributed by atoms with Crippen LogP contribution in [0.25, 0.3) is 0 Å². The van der Waals surface area contributed by atoms with Gasteiger partial charge in [-0.25, -0.2) is 0 Å². The van der Waals surface area contributed by atoms with Crippen molar-refractivity contribution in [2.24, 2.45) is 0 Å². The Hall–Kier alpha value is -2.11. The topological polar surface area (TPSA) is 42.0 Å². The molecule has 0 bridgehead atoms. The standard InChI is InChI=1S/C19H20Cl2N2O3/c1-25-17-6-3-13(11-18(17)26-2)19(24)23-9-7-22(8-10-23)16-5-4-14(20)12-15(16)21/h3-6,11-12H,7-10H2,1-2H3. The van der Waals surface area contributed by atoms with Gasteiger partial charge in [0.15, 0.2) is 11.5 Å². The fraction of sp³-hybridized carbons (Fsp3) is 0.316. The van der Waals surface area contributed by atoms with E-state index in [1.165, 1.54) is 0 Å². The van der Waals surface area contributed by atoms with Gasteiger partial charge < -0.3 is 19.3 Å². The summed E-state index contributed by atoms with van der Waals surface area (Å²) in [6.45, 7) is 2.65. The summed E-state index contributed by atoms with van der Waals surface area (Å²) >= 11 is 12.2. The van der Waals surface area contributed by atoms with Crippen molar-refractivity contribution in [1.82, 2.24) is 4.90 Å². The SMILES string of the molecule is COc1ccc(C(=O)N2CCN(c3ccc(Cl)cc3Cl)CC2)cc1OC. The van der Waals surface area contributed by atoms with Crippen molar-refractivity contribution < 1.29 is 14.3 Å². The van der Waals surface area contributed by atoms with Gasteiger partial charge in [-0.15, -0.1) is 0 Å². The molecule has 0 unspecified atom stereocenters. The normalized spacial score (nSPS) is 14.3. The zero-order chi connectivity index (χ0) is 18.7. The number of amides is 1. The van der Waals surface area contributed by atoms with E-state index in [9.17, 15) is 4.79 Å². The van der Waals surface area contributed by atoms with Crippen LogP contribution in [0.5, 0.6) is 11.5 Å². The van der Waals surface area contributed by atoms with Gasteiger partial charge in [-0.3, -0.25) is 4.79 Å². The Morgan fingerprint density at radius 3 is 2.23 bits per heavy atom. The first-order valence-electron chi connectivity index (χ1n) is 8.25. The lowest BCUT2D eigenvalue weighted by atomic mass is 10.1. The number of hydrogen-bond donors (Lipinski definition) is 0. The maximum absolute atomic E-state index is 12.8. The molecule has 0 aromatic heterocycles. The number of carbonyl (C=O) groups is 1. The van der Waals surface area contributed by atoms with Gasteiger partial charge in [0.25, 0.3) is 5.91 Å². The number of halogens is 2. The van der Waals surface area contributed by atoms with Crippen LogP contribution in [0.4, 0.5) is 5.69 Å². The number of benzene rings is 2. The Labute approximate surface area is 163 Å². The summed E-state index contributed by atoms with van der Waals surface area (Å²) < 4.78 is 10.5. The maximum atomic E-state index is 12.8. The monoisotopic (exact) mass is 394 g/mol. The van der Waals surface area contributed by atoms with Gasteiger partial charge >= 0.3 is 0 Å². The molecule has 7 heteroatoms. The first-order valence-corrected chi connectivity index (χ1v) is 9.00. The molecule has 1 fully saturated rings. The van der Waals surface area contributed by atoms with Gasteiger partial charge in [-0.05, 0) is 36.4 Å². The Morgan fingerprint density at radius 2 is 1.62 bits per heavy atom. The van der Waals surface area contributed by atoms with Crippen molar-refractivity contribution in [3.63, 3.8) is 0 Å². The average Bonchev–Trinajstić information content (AvgIpc) is 2.67. The second-order valence-electron chi connectivity index (χ2n) is 5.94. The molecule has 0 spiro atoms. The number of ether oxygens (including phenoxy) is 2. The number of anilines is 1. The van der Waals surface area contributed by atoms with Crippen LogP contribution in [0.15, 0.2) is 36.4 Å². The lowest BCUT2D eigenvalue weighted by molar-refractivity contribution is 0.0746. The molecule has 26 heavy (non-hydrogen) atoms. The third kappa shape index (κ3) is 3.84. The Balaban J connectivity index is 1.68. The molecule has 1 aliphatic rings. The number of piperazine rings is 1. The molecule has 0 aliphatic carbocycles. The molecule has 5 nitrogen and oxygen atoms in total. The fourth-order valence-electron chi connectivity index (χ4n) is 3.04. The molecule has 0 N–H and O–H groups in total. The van der Waals surface area contributed by atoms with Crippen LogP contribution in [-0.2, 0) is 0 Å². The van der Waals surface area contributed by atoms with Crippen molar-refractivity contribution in [2.45, 2.75) is 0 Å². The summed E-state index contributed by atoms with van der Waals surface area (Å²) in [5.74, 6) is 1.13. The van der Waals surface area contributed by atoms with E-state index in [-0.39, 0.29) is 5.91 Å². The highest BCUT2D eigenvalue weighted by molar-refractivity contribution is 6.36. The summed E-state index contributed by atoms with van der Waals surface area (Å²) in [7, 11) is 3.13. The predicted molar refractivity (Wildman–Crippen MR) is 104 cm³/mol. The van der Waals surface area contributed by atoms with E-state index in [1.54, 1.807) is 38.5 Å². The van der Waals surface area contributed by atoms with Crippen molar-refractivity contribution in [3.8, 4) is 11.5 Å². The van der Waals surface area contributed by atoms with Crippen molar-refractivity contribution in [3.05, 3.63) is 52.0 Å². The Kier molecular flexibility index (Phi) is 5.79. The van der Waals surface area contributed by atoms with E-state index in [2.05, 4.69) is 4.90 Å². The van der Waals surface area contributed by atoms with E-state index >= 15 is 0 Å². The molecular weight excluding hydrogens is 375 g/mol. The maximum Gasteiger partial charge on any atom is 0.254 e. The Bertz CT molecular complexity index is 805. The predicted octanol–water partition coefficient (Wildman–Crippen LogP) is 3.97. The Morgan fingerprint density at radius 1 is 0.923 bits per heavy atom.